The molecule has 6 heteroatoms. The van der Waals surface area contributed by atoms with Gasteiger partial charge in [-0.05, 0) is 18.6 Å². The number of ether oxygens (including phenoxy) is 1. The summed E-state index contributed by atoms with van der Waals surface area (Å²) >= 11 is 0. The fourth-order valence-corrected chi connectivity index (χ4v) is 2.20. The molecule has 1 fully saturated rings. The first-order valence-electron chi connectivity index (χ1n) is 5.87. The molecule has 1 aliphatic heterocycles. The van der Waals surface area contributed by atoms with Gasteiger partial charge in [0.1, 0.15) is 5.52 Å². The standard InChI is InChI=1S/C12H13N3O3/c16-12(17)10-2-1-9-11(14-10)15(7-13-9)5-8-3-4-18-6-8/h1-2,7-8H,3-6H2,(H,16,17). The van der Waals surface area contributed by atoms with Gasteiger partial charge in [0.2, 0.25) is 0 Å². The average molecular weight is 247 g/mol. The molecule has 2 aromatic heterocycles. The number of aromatic nitrogens is 3. The van der Waals surface area contributed by atoms with Gasteiger partial charge in [0, 0.05) is 19.1 Å². The van der Waals surface area contributed by atoms with E-state index in [0.717, 1.165) is 31.7 Å². The molecule has 0 spiro atoms. The first-order valence-corrected chi connectivity index (χ1v) is 5.87. The van der Waals surface area contributed by atoms with Gasteiger partial charge in [-0.3, -0.25) is 0 Å². The largest absolute Gasteiger partial charge is 0.477 e. The Hall–Kier alpha value is -1.95. The molecule has 1 saturated heterocycles. The van der Waals surface area contributed by atoms with Gasteiger partial charge in [0.25, 0.3) is 0 Å². The van der Waals surface area contributed by atoms with E-state index in [2.05, 4.69) is 9.97 Å². The molecular weight excluding hydrogens is 234 g/mol. The van der Waals surface area contributed by atoms with E-state index in [1.807, 2.05) is 4.57 Å². The Morgan fingerprint density at radius 3 is 3.17 bits per heavy atom. The van der Waals surface area contributed by atoms with Crippen molar-refractivity contribution in [3.05, 3.63) is 24.2 Å². The molecule has 1 aliphatic rings. The quantitative estimate of drug-likeness (QED) is 0.880. The summed E-state index contributed by atoms with van der Waals surface area (Å²) in [6, 6.07) is 3.16. The number of fused-ring (bicyclic) bond motifs is 1. The van der Waals surface area contributed by atoms with Crippen LogP contribution in [0.3, 0.4) is 0 Å². The third kappa shape index (κ3) is 1.95. The summed E-state index contributed by atoms with van der Waals surface area (Å²) in [6.45, 7) is 2.32. The summed E-state index contributed by atoms with van der Waals surface area (Å²) in [5.41, 5.74) is 1.40. The van der Waals surface area contributed by atoms with Crippen molar-refractivity contribution in [2.24, 2.45) is 5.92 Å². The van der Waals surface area contributed by atoms with Gasteiger partial charge in [-0.25, -0.2) is 14.8 Å². The highest BCUT2D eigenvalue weighted by Crippen LogP contribution is 2.18. The zero-order valence-corrected chi connectivity index (χ0v) is 9.74. The number of rotatable bonds is 3. The van der Waals surface area contributed by atoms with Crippen molar-refractivity contribution >= 4 is 17.1 Å². The smallest absolute Gasteiger partial charge is 0.354 e. The van der Waals surface area contributed by atoms with Crippen molar-refractivity contribution < 1.29 is 14.6 Å². The molecular formula is C12H13N3O3. The summed E-state index contributed by atoms with van der Waals surface area (Å²) < 4.78 is 7.24. The van der Waals surface area contributed by atoms with Crippen molar-refractivity contribution in [2.75, 3.05) is 13.2 Å². The van der Waals surface area contributed by atoms with Crippen LogP contribution >= 0.6 is 0 Å². The average Bonchev–Trinajstić information content (AvgIpc) is 2.99. The van der Waals surface area contributed by atoms with Gasteiger partial charge in [-0.15, -0.1) is 0 Å². The molecule has 1 atom stereocenters. The maximum absolute atomic E-state index is 10.9. The molecule has 3 rings (SSSR count). The lowest BCUT2D eigenvalue weighted by atomic mass is 10.1. The molecule has 1 unspecified atom stereocenters. The van der Waals surface area contributed by atoms with E-state index in [0.29, 0.717) is 11.6 Å². The van der Waals surface area contributed by atoms with Crippen molar-refractivity contribution in [3.8, 4) is 0 Å². The van der Waals surface area contributed by atoms with Crippen LogP contribution in [0.15, 0.2) is 18.5 Å². The number of carbonyl (C=O) groups is 1. The molecule has 0 bridgehead atoms. The number of carboxylic acid groups (broad SMARTS) is 1. The Morgan fingerprint density at radius 2 is 2.44 bits per heavy atom. The predicted molar refractivity (Wildman–Crippen MR) is 63.4 cm³/mol. The number of imidazole rings is 1. The Bertz CT molecular complexity index is 587. The van der Waals surface area contributed by atoms with Crippen molar-refractivity contribution in [1.82, 2.24) is 14.5 Å². The predicted octanol–water partition coefficient (Wildman–Crippen LogP) is 1.17. The van der Waals surface area contributed by atoms with E-state index in [9.17, 15) is 4.79 Å². The van der Waals surface area contributed by atoms with Crippen LogP contribution in [0.1, 0.15) is 16.9 Å². The molecule has 0 aliphatic carbocycles. The van der Waals surface area contributed by atoms with Crippen molar-refractivity contribution in [2.45, 2.75) is 13.0 Å². The van der Waals surface area contributed by atoms with E-state index in [4.69, 9.17) is 9.84 Å². The topological polar surface area (TPSA) is 77.2 Å². The number of pyridine rings is 1. The lowest BCUT2D eigenvalue weighted by molar-refractivity contribution is 0.0691. The number of carboxylic acids is 1. The zero-order valence-electron chi connectivity index (χ0n) is 9.74. The summed E-state index contributed by atoms with van der Waals surface area (Å²) in [6.07, 6.45) is 2.74. The van der Waals surface area contributed by atoms with Gasteiger partial charge in [-0.1, -0.05) is 0 Å². The second kappa shape index (κ2) is 4.38. The van der Waals surface area contributed by atoms with Gasteiger partial charge < -0.3 is 14.4 Å². The number of hydrogen-bond acceptors (Lipinski definition) is 4. The Labute approximate surface area is 103 Å². The second-order valence-electron chi connectivity index (χ2n) is 4.47. The van der Waals surface area contributed by atoms with Crippen LogP contribution in [0.4, 0.5) is 0 Å². The molecule has 1 N–H and O–H groups in total. The molecule has 0 radical (unpaired) electrons. The molecule has 18 heavy (non-hydrogen) atoms. The molecule has 2 aromatic rings. The molecule has 94 valence electrons. The maximum atomic E-state index is 10.9. The number of aromatic carboxylic acids is 1. The molecule has 0 aromatic carbocycles. The van der Waals surface area contributed by atoms with Crippen LogP contribution in [0, 0.1) is 5.92 Å². The first-order chi connectivity index (χ1) is 8.74. The minimum atomic E-state index is -1.02. The summed E-state index contributed by atoms with van der Waals surface area (Å²) in [4.78, 5) is 19.3. The van der Waals surface area contributed by atoms with E-state index in [1.165, 1.54) is 6.07 Å². The van der Waals surface area contributed by atoms with Gasteiger partial charge in [0.05, 0.1) is 12.9 Å². The van der Waals surface area contributed by atoms with Crippen molar-refractivity contribution in [1.29, 1.82) is 0 Å². The monoisotopic (exact) mass is 247 g/mol. The normalized spacial score (nSPS) is 19.4. The highest BCUT2D eigenvalue weighted by molar-refractivity contribution is 5.88. The summed E-state index contributed by atoms with van der Waals surface area (Å²) in [5, 5.41) is 8.94. The fourth-order valence-electron chi connectivity index (χ4n) is 2.20. The van der Waals surface area contributed by atoms with E-state index in [-0.39, 0.29) is 5.69 Å². The van der Waals surface area contributed by atoms with E-state index >= 15 is 0 Å². The van der Waals surface area contributed by atoms with Crippen LogP contribution in [0.25, 0.3) is 11.2 Å². The third-order valence-electron chi connectivity index (χ3n) is 3.16. The fraction of sp³-hybridized carbons (Fsp3) is 0.417. The lowest BCUT2D eigenvalue weighted by Gasteiger charge is -2.08. The molecule has 0 amide bonds. The number of nitrogens with zero attached hydrogens (tertiary/aromatic N) is 3. The van der Waals surface area contributed by atoms with Gasteiger partial charge in [-0.2, -0.15) is 0 Å². The maximum Gasteiger partial charge on any atom is 0.354 e. The third-order valence-corrected chi connectivity index (χ3v) is 3.16. The zero-order chi connectivity index (χ0) is 12.5. The first kappa shape index (κ1) is 11.2. The van der Waals surface area contributed by atoms with E-state index < -0.39 is 5.97 Å². The SMILES string of the molecule is O=C(O)c1ccc2ncn(CC3CCOC3)c2n1. The summed E-state index contributed by atoms with van der Waals surface area (Å²) in [5.74, 6) is -0.563. The molecule has 0 saturated carbocycles. The lowest BCUT2D eigenvalue weighted by Crippen LogP contribution is -2.11. The van der Waals surface area contributed by atoms with Crippen LogP contribution in [0.2, 0.25) is 0 Å². The van der Waals surface area contributed by atoms with Crippen LogP contribution in [-0.2, 0) is 11.3 Å². The Balaban J connectivity index is 1.95. The van der Waals surface area contributed by atoms with Crippen molar-refractivity contribution in [3.63, 3.8) is 0 Å². The van der Waals surface area contributed by atoms with Crippen LogP contribution in [-0.4, -0.2) is 38.8 Å². The highest BCUT2D eigenvalue weighted by atomic mass is 16.5. The second-order valence-corrected chi connectivity index (χ2v) is 4.47. The van der Waals surface area contributed by atoms with Gasteiger partial charge in [0.15, 0.2) is 11.3 Å². The molecule has 6 nitrogen and oxygen atoms in total. The van der Waals surface area contributed by atoms with E-state index in [1.54, 1.807) is 12.4 Å². The highest BCUT2D eigenvalue weighted by Gasteiger charge is 2.18. The minimum absolute atomic E-state index is 0.0481. The Morgan fingerprint density at radius 1 is 1.56 bits per heavy atom. The molecule has 3 heterocycles. The Kier molecular flexibility index (Phi) is 2.71. The van der Waals surface area contributed by atoms with Gasteiger partial charge >= 0.3 is 5.97 Å². The summed E-state index contributed by atoms with van der Waals surface area (Å²) in [7, 11) is 0. The minimum Gasteiger partial charge on any atom is -0.477 e. The van der Waals surface area contributed by atoms with Crippen LogP contribution < -0.4 is 0 Å². The number of hydrogen-bond donors (Lipinski definition) is 1. The van der Waals surface area contributed by atoms with Crippen LogP contribution in [0.5, 0.6) is 0 Å².